The van der Waals surface area contributed by atoms with Crippen molar-refractivity contribution in [3.63, 3.8) is 0 Å². The minimum Gasteiger partial charge on any atom is -0.264 e. The maximum atomic E-state index is 4.74. The number of hydrogen-bond acceptors (Lipinski definition) is 2. The molecule has 4 aromatic heterocycles. The van der Waals surface area contributed by atoms with E-state index in [1.54, 1.807) is 0 Å². The Labute approximate surface area is 149 Å². The molecule has 0 aliphatic carbocycles. The molecule has 5 nitrogen and oxygen atoms in total. The molecule has 1 aromatic carbocycles. The number of imidazole rings is 1. The van der Waals surface area contributed by atoms with Crippen molar-refractivity contribution >= 4 is 22.2 Å². The minimum absolute atomic E-state index is 0.856. The molecule has 124 valence electrons. The topological polar surface area (TPSA) is 39.5 Å². The lowest BCUT2D eigenvalue weighted by molar-refractivity contribution is -0.636. The summed E-state index contributed by atoms with van der Waals surface area (Å²) in [6.07, 6.45) is 5.71. The summed E-state index contributed by atoms with van der Waals surface area (Å²) in [4.78, 5) is 9.08. The van der Waals surface area contributed by atoms with Crippen molar-refractivity contribution in [3.05, 3.63) is 72.7 Å². The molecule has 0 fully saturated rings. The molecule has 1 aliphatic rings. The number of rotatable bonds is 1. The second kappa shape index (κ2) is 4.79. The number of fused-ring (bicyclic) bond motifs is 7. The van der Waals surface area contributed by atoms with Gasteiger partial charge in [-0.05, 0) is 30.3 Å². The molecule has 0 N–H and O–H groups in total. The van der Waals surface area contributed by atoms with E-state index < -0.39 is 0 Å². The zero-order valence-electron chi connectivity index (χ0n) is 14.3. The lowest BCUT2D eigenvalue weighted by Gasteiger charge is -2.03. The van der Waals surface area contributed by atoms with Gasteiger partial charge in [-0.2, -0.15) is 0 Å². The van der Waals surface area contributed by atoms with Crippen LogP contribution in [0.3, 0.4) is 0 Å². The second-order valence-corrected chi connectivity index (χ2v) is 6.72. The standard InChI is InChI=1S/C21H16N5/c1-24-20-16-12-22-11-9-14(16)13-25(20)19-18-17(8-5-10-23-18)26(21(19)24)15-6-3-2-4-7-15/h2-12H,13H2,1H3/q+1. The summed E-state index contributed by atoms with van der Waals surface area (Å²) < 4.78 is 6.95. The summed E-state index contributed by atoms with van der Waals surface area (Å²) in [5.41, 5.74) is 8.16. The van der Waals surface area contributed by atoms with Gasteiger partial charge in [0.1, 0.15) is 16.7 Å². The zero-order chi connectivity index (χ0) is 17.3. The Kier molecular flexibility index (Phi) is 2.54. The normalized spacial score (nSPS) is 12.7. The first-order valence-electron chi connectivity index (χ1n) is 8.71. The molecule has 0 unspecified atom stereocenters. The van der Waals surface area contributed by atoms with Gasteiger partial charge in [0.25, 0.3) is 5.65 Å². The molecule has 5 aromatic rings. The van der Waals surface area contributed by atoms with Crippen LogP contribution in [0.2, 0.25) is 0 Å². The average molecular weight is 338 g/mol. The third-order valence-electron chi connectivity index (χ3n) is 5.33. The zero-order valence-corrected chi connectivity index (χ0v) is 14.3. The van der Waals surface area contributed by atoms with Crippen molar-refractivity contribution in [1.29, 1.82) is 0 Å². The van der Waals surface area contributed by atoms with Crippen molar-refractivity contribution in [2.75, 3.05) is 0 Å². The smallest absolute Gasteiger partial charge is 0.264 e. The van der Waals surface area contributed by atoms with E-state index in [0.717, 1.165) is 28.9 Å². The van der Waals surface area contributed by atoms with Gasteiger partial charge in [-0.25, -0.2) is 18.7 Å². The molecule has 0 saturated heterocycles. The van der Waals surface area contributed by atoms with Gasteiger partial charge < -0.3 is 0 Å². The first kappa shape index (κ1) is 13.8. The maximum absolute atomic E-state index is 4.74. The fourth-order valence-corrected chi connectivity index (χ4v) is 4.28. The van der Waals surface area contributed by atoms with Gasteiger partial charge in [-0.15, -0.1) is 0 Å². The van der Waals surface area contributed by atoms with Crippen LogP contribution in [0.25, 0.3) is 39.3 Å². The van der Waals surface area contributed by atoms with Crippen LogP contribution < -0.4 is 4.57 Å². The number of pyridine rings is 2. The molecule has 1 aliphatic heterocycles. The van der Waals surface area contributed by atoms with E-state index in [9.17, 15) is 0 Å². The van der Waals surface area contributed by atoms with Crippen LogP contribution in [-0.2, 0) is 13.6 Å². The molecular weight excluding hydrogens is 322 g/mol. The minimum atomic E-state index is 0.856. The Morgan fingerprint density at radius 2 is 1.88 bits per heavy atom. The molecule has 6 rings (SSSR count). The maximum Gasteiger partial charge on any atom is 0.276 e. The second-order valence-electron chi connectivity index (χ2n) is 6.72. The van der Waals surface area contributed by atoms with E-state index in [4.69, 9.17) is 4.98 Å². The first-order chi connectivity index (χ1) is 12.8. The predicted molar refractivity (Wildman–Crippen MR) is 100 cm³/mol. The molecule has 0 atom stereocenters. The summed E-state index contributed by atoms with van der Waals surface area (Å²) >= 11 is 0. The van der Waals surface area contributed by atoms with E-state index >= 15 is 0 Å². The highest BCUT2D eigenvalue weighted by atomic mass is 15.2. The summed E-state index contributed by atoms with van der Waals surface area (Å²) in [5.74, 6) is 1.19. The fourth-order valence-electron chi connectivity index (χ4n) is 4.28. The summed E-state index contributed by atoms with van der Waals surface area (Å²) in [5, 5.41) is 0. The van der Waals surface area contributed by atoms with Crippen molar-refractivity contribution in [2.45, 2.75) is 6.54 Å². The highest BCUT2D eigenvalue weighted by molar-refractivity contribution is 6.03. The molecule has 0 saturated carbocycles. The number of nitrogens with zero attached hydrogens (tertiary/aromatic N) is 5. The highest BCUT2D eigenvalue weighted by Crippen LogP contribution is 2.37. The van der Waals surface area contributed by atoms with E-state index in [1.165, 1.54) is 22.5 Å². The highest BCUT2D eigenvalue weighted by Gasteiger charge is 2.35. The quantitative estimate of drug-likeness (QED) is 0.432. The molecule has 0 spiro atoms. The SMILES string of the molecule is C[n+]1c2n(c3c4ncccc4n(-c4ccccc4)c31)Cc1ccncc1-2. The van der Waals surface area contributed by atoms with Crippen LogP contribution in [-0.4, -0.2) is 19.1 Å². The van der Waals surface area contributed by atoms with Gasteiger partial charge >= 0.3 is 0 Å². The van der Waals surface area contributed by atoms with Crippen LogP contribution >= 0.6 is 0 Å². The Morgan fingerprint density at radius 3 is 2.77 bits per heavy atom. The number of aromatic nitrogens is 5. The van der Waals surface area contributed by atoms with Crippen LogP contribution in [0.5, 0.6) is 0 Å². The van der Waals surface area contributed by atoms with Gasteiger partial charge in [0.05, 0.1) is 19.2 Å². The third kappa shape index (κ3) is 1.57. The lowest BCUT2D eigenvalue weighted by Crippen LogP contribution is -2.31. The van der Waals surface area contributed by atoms with Crippen molar-refractivity contribution in [2.24, 2.45) is 7.05 Å². The lowest BCUT2D eigenvalue weighted by atomic mass is 10.2. The van der Waals surface area contributed by atoms with Crippen LogP contribution in [0, 0.1) is 0 Å². The molecule has 26 heavy (non-hydrogen) atoms. The Bertz CT molecular complexity index is 1310. The van der Waals surface area contributed by atoms with Gasteiger partial charge in [0, 0.05) is 24.2 Å². The predicted octanol–water partition coefficient (Wildman–Crippen LogP) is 3.23. The first-order valence-corrected chi connectivity index (χ1v) is 8.71. The molecule has 0 radical (unpaired) electrons. The summed E-state index contributed by atoms with van der Waals surface area (Å²) in [6, 6.07) is 16.7. The molecular formula is C21H16N5+. The number of para-hydroxylation sites is 1. The van der Waals surface area contributed by atoms with Gasteiger partial charge in [-0.1, -0.05) is 18.2 Å². The van der Waals surface area contributed by atoms with Crippen molar-refractivity contribution in [3.8, 4) is 17.1 Å². The summed E-state index contributed by atoms with van der Waals surface area (Å²) in [6.45, 7) is 0.856. The molecule has 5 heterocycles. The molecule has 0 bridgehead atoms. The molecule has 0 amide bonds. The van der Waals surface area contributed by atoms with E-state index in [-0.39, 0.29) is 0 Å². The number of hydrogen-bond donors (Lipinski definition) is 0. The van der Waals surface area contributed by atoms with Crippen LogP contribution in [0.15, 0.2) is 67.1 Å². The monoisotopic (exact) mass is 338 g/mol. The van der Waals surface area contributed by atoms with E-state index in [1.807, 2.05) is 30.7 Å². The number of aryl methyl sites for hydroxylation is 1. The van der Waals surface area contributed by atoms with Crippen molar-refractivity contribution in [1.82, 2.24) is 19.1 Å². The van der Waals surface area contributed by atoms with Crippen LogP contribution in [0.4, 0.5) is 0 Å². The Hall–Kier alpha value is -3.47. The number of benzene rings is 1. The average Bonchev–Trinajstić information content (AvgIpc) is 3.31. The summed E-state index contributed by atoms with van der Waals surface area (Å²) in [7, 11) is 2.13. The third-order valence-corrected chi connectivity index (χ3v) is 5.33. The van der Waals surface area contributed by atoms with E-state index in [2.05, 4.69) is 62.1 Å². The fraction of sp³-hybridized carbons (Fsp3) is 0.0952. The van der Waals surface area contributed by atoms with Crippen molar-refractivity contribution < 1.29 is 4.57 Å². The van der Waals surface area contributed by atoms with Gasteiger partial charge in [0.2, 0.25) is 11.3 Å². The Balaban J connectivity index is 1.83. The van der Waals surface area contributed by atoms with E-state index in [0.29, 0.717) is 0 Å². The van der Waals surface area contributed by atoms with Gasteiger partial charge in [0.15, 0.2) is 0 Å². The van der Waals surface area contributed by atoms with Gasteiger partial charge in [-0.3, -0.25) is 4.98 Å². The Morgan fingerprint density at radius 1 is 1.00 bits per heavy atom. The van der Waals surface area contributed by atoms with Crippen LogP contribution in [0.1, 0.15) is 5.56 Å². The largest absolute Gasteiger partial charge is 0.276 e. The molecule has 5 heteroatoms.